The Morgan fingerprint density at radius 3 is 2.12 bits per heavy atom. The number of carbonyl (C=O) groups is 2. The molecule has 0 bridgehead atoms. The van der Waals surface area contributed by atoms with Crippen LogP contribution in [0.25, 0.3) is 0 Å². The summed E-state index contributed by atoms with van der Waals surface area (Å²) in [5.41, 5.74) is 2.25. The maximum absolute atomic E-state index is 12.7. The minimum Gasteiger partial charge on any atom is -0.493 e. The minimum atomic E-state index is -0.291. The van der Waals surface area contributed by atoms with Crippen molar-refractivity contribution in [2.75, 3.05) is 21.3 Å². The van der Waals surface area contributed by atoms with Crippen LogP contribution in [0.3, 0.4) is 0 Å². The quantitative estimate of drug-likeness (QED) is 0.506. The number of ether oxygens (including phenoxy) is 3. The second-order valence-corrected chi connectivity index (χ2v) is 7.96. The lowest BCUT2D eigenvalue weighted by Crippen LogP contribution is -2.27. The second kappa shape index (κ2) is 10.7. The lowest BCUT2D eigenvalue weighted by Gasteiger charge is -2.19. The van der Waals surface area contributed by atoms with Gasteiger partial charge in [-0.1, -0.05) is 18.2 Å². The summed E-state index contributed by atoms with van der Waals surface area (Å²) in [6.45, 7) is 2.27. The molecule has 32 heavy (non-hydrogen) atoms. The van der Waals surface area contributed by atoms with Crippen LogP contribution in [0.2, 0.25) is 0 Å². The SMILES string of the molecule is COc1cc(C(C)NC(=O)c2ccc(CNC(=O)c3cccs3)cc2)cc(OC)c1OC. The molecule has 1 unspecified atom stereocenters. The van der Waals surface area contributed by atoms with E-state index in [1.54, 1.807) is 39.5 Å². The highest BCUT2D eigenvalue weighted by Crippen LogP contribution is 2.39. The maximum atomic E-state index is 12.7. The van der Waals surface area contributed by atoms with Gasteiger partial charge in [0, 0.05) is 12.1 Å². The third-order valence-electron chi connectivity index (χ3n) is 4.95. The number of benzene rings is 2. The average molecular weight is 455 g/mol. The summed E-state index contributed by atoms with van der Waals surface area (Å²) in [6.07, 6.45) is 0. The summed E-state index contributed by atoms with van der Waals surface area (Å²) in [5, 5.41) is 7.72. The van der Waals surface area contributed by atoms with Crippen LogP contribution in [0.15, 0.2) is 53.9 Å². The summed E-state index contributed by atoms with van der Waals surface area (Å²) in [4.78, 5) is 25.4. The third kappa shape index (κ3) is 5.39. The Labute approximate surface area is 191 Å². The maximum Gasteiger partial charge on any atom is 0.261 e. The van der Waals surface area contributed by atoms with Crippen molar-refractivity contribution < 1.29 is 23.8 Å². The molecule has 2 amide bonds. The molecule has 0 saturated heterocycles. The molecule has 0 radical (unpaired) electrons. The first-order valence-corrected chi connectivity index (χ1v) is 10.9. The van der Waals surface area contributed by atoms with Crippen LogP contribution in [0.4, 0.5) is 0 Å². The van der Waals surface area contributed by atoms with E-state index < -0.39 is 0 Å². The predicted octanol–water partition coefficient (Wildman–Crippen LogP) is 4.19. The minimum absolute atomic E-state index is 0.110. The first kappa shape index (κ1) is 23.1. The molecular formula is C24H26N2O5S. The van der Waals surface area contributed by atoms with Crippen molar-refractivity contribution >= 4 is 23.2 Å². The molecular weight excluding hydrogens is 428 g/mol. The molecule has 168 valence electrons. The predicted molar refractivity (Wildman–Crippen MR) is 124 cm³/mol. The van der Waals surface area contributed by atoms with Gasteiger partial charge in [-0.25, -0.2) is 0 Å². The van der Waals surface area contributed by atoms with Gasteiger partial charge in [0.25, 0.3) is 11.8 Å². The number of thiophene rings is 1. The molecule has 0 aliphatic carbocycles. The average Bonchev–Trinajstić information content (AvgIpc) is 3.36. The Bertz CT molecular complexity index is 1040. The van der Waals surface area contributed by atoms with Crippen LogP contribution in [-0.2, 0) is 6.54 Å². The Hall–Kier alpha value is -3.52. The molecule has 8 heteroatoms. The first-order valence-electron chi connectivity index (χ1n) is 9.98. The van der Waals surface area contributed by atoms with Gasteiger partial charge >= 0.3 is 0 Å². The van der Waals surface area contributed by atoms with E-state index in [4.69, 9.17) is 14.2 Å². The molecule has 0 spiro atoms. The lowest BCUT2D eigenvalue weighted by molar-refractivity contribution is 0.0935. The van der Waals surface area contributed by atoms with Crippen LogP contribution in [0.5, 0.6) is 17.2 Å². The zero-order valence-electron chi connectivity index (χ0n) is 18.4. The van der Waals surface area contributed by atoms with Crippen LogP contribution in [-0.4, -0.2) is 33.1 Å². The monoisotopic (exact) mass is 454 g/mol. The number of rotatable bonds is 9. The van der Waals surface area contributed by atoms with Crippen molar-refractivity contribution in [2.24, 2.45) is 0 Å². The van der Waals surface area contributed by atoms with Crippen molar-refractivity contribution in [2.45, 2.75) is 19.5 Å². The van der Waals surface area contributed by atoms with Crippen molar-refractivity contribution in [3.63, 3.8) is 0 Å². The van der Waals surface area contributed by atoms with Crippen molar-refractivity contribution in [3.8, 4) is 17.2 Å². The fraction of sp³-hybridized carbons (Fsp3) is 0.250. The van der Waals surface area contributed by atoms with Gasteiger partial charge in [0.2, 0.25) is 5.75 Å². The number of carbonyl (C=O) groups excluding carboxylic acids is 2. The lowest BCUT2D eigenvalue weighted by atomic mass is 10.1. The number of hydrogen-bond donors (Lipinski definition) is 2. The molecule has 0 saturated carbocycles. The third-order valence-corrected chi connectivity index (χ3v) is 5.82. The van der Waals surface area contributed by atoms with E-state index in [1.807, 2.05) is 42.6 Å². The van der Waals surface area contributed by atoms with Crippen LogP contribution < -0.4 is 24.8 Å². The topological polar surface area (TPSA) is 85.9 Å². The van der Waals surface area contributed by atoms with E-state index in [0.29, 0.717) is 34.2 Å². The number of hydrogen-bond acceptors (Lipinski definition) is 6. The van der Waals surface area contributed by atoms with Gasteiger partial charge in [0.05, 0.1) is 32.2 Å². The number of amides is 2. The van der Waals surface area contributed by atoms with Crippen LogP contribution >= 0.6 is 11.3 Å². The normalized spacial score (nSPS) is 11.4. The summed E-state index contributed by atoms with van der Waals surface area (Å²) in [5.74, 6) is 1.23. The Morgan fingerprint density at radius 1 is 0.938 bits per heavy atom. The van der Waals surface area contributed by atoms with E-state index in [2.05, 4.69) is 10.6 Å². The van der Waals surface area contributed by atoms with Gasteiger partial charge in [-0.2, -0.15) is 0 Å². The van der Waals surface area contributed by atoms with E-state index in [0.717, 1.165) is 11.1 Å². The van der Waals surface area contributed by atoms with E-state index >= 15 is 0 Å². The van der Waals surface area contributed by atoms with Crippen molar-refractivity contribution in [3.05, 3.63) is 75.5 Å². The molecule has 3 rings (SSSR count). The zero-order valence-corrected chi connectivity index (χ0v) is 19.2. The number of methoxy groups -OCH3 is 3. The highest BCUT2D eigenvalue weighted by atomic mass is 32.1. The molecule has 1 heterocycles. The van der Waals surface area contributed by atoms with Gasteiger partial charge < -0.3 is 24.8 Å². The molecule has 7 nitrogen and oxygen atoms in total. The molecule has 1 aromatic heterocycles. The molecule has 0 fully saturated rings. The van der Waals surface area contributed by atoms with E-state index in [-0.39, 0.29) is 17.9 Å². The second-order valence-electron chi connectivity index (χ2n) is 7.01. The Balaban J connectivity index is 1.63. The number of nitrogens with one attached hydrogen (secondary N) is 2. The highest BCUT2D eigenvalue weighted by Gasteiger charge is 2.18. The van der Waals surface area contributed by atoms with Crippen LogP contribution in [0.1, 0.15) is 44.1 Å². The van der Waals surface area contributed by atoms with Gasteiger partial charge in [-0.05, 0) is 53.8 Å². The molecule has 1 atom stereocenters. The van der Waals surface area contributed by atoms with Gasteiger partial charge in [0.15, 0.2) is 11.5 Å². The van der Waals surface area contributed by atoms with E-state index in [1.165, 1.54) is 11.3 Å². The van der Waals surface area contributed by atoms with Gasteiger partial charge in [-0.3, -0.25) is 9.59 Å². The fourth-order valence-corrected chi connectivity index (χ4v) is 3.81. The highest BCUT2D eigenvalue weighted by molar-refractivity contribution is 7.12. The molecule has 0 aliphatic rings. The largest absolute Gasteiger partial charge is 0.493 e. The summed E-state index contributed by atoms with van der Waals surface area (Å²) in [6, 6.07) is 14.1. The Kier molecular flexibility index (Phi) is 7.72. The smallest absolute Gasteiger partial charge is 0.261 e. The molecule has 3 aromatic rings. The van der Waals surface area contributed by atoms with Crippen LogP contribution in [0, 0.1) is 0 Å². The van der Waals surface area contributed by atoms with E-state index in [9.17, 15) is 9.59 Å². The molecule has 0 aliphatic heterocycles. The summed E-state index contributed by atoms with van der Waals surface area (Å²) >= 11 is 1.40. The first-order chi connectivity index (χ1) is 15.5. The Morgan fingerprint density at radius 2 is 1.59 bits per heavy atom. The standard InChI is InChI=1S/C24H26N2O5S/c1-15(18-12-19(29-2)22(31-4)20(13-18)30-3)26-23(27)17-9-7-16(8-10-17)14-25-24(28)21-6-5-11-32-21/h5-13,15H,14H2,1-4H3,(H,25,28)(H,26,27). The van der Waals surface area contributed by atoms with Gasteiger partial charge in [-0.15, -0.1) is 11.3 Å². The fourth-order valence-electron chi connectivity index (χ4n) is 3.17. The zero-order chi connectivity index (χ0) is 23.1. The van der Waals surface area contributed by atoms with Crippen molar-refractivity contribution in [1.29, 1.82) is 0 Å². The molecule has 2 N–H and O–H groups in total. The summed E-state index contributed by atoms with van der Waals surface area (Å²) < 4.78 is 16.1. The van der Waals surface area contributed by atoms with Gasteiger partial charge in [0.1, 0.15) is 0 Å². The van der Waals surface area contributed by atoms with Crippen molar-refractivity contribution in [1.82, 2.24) is 10.6 Å². The molecule has 2 aromatic carbocycles. The summed E-state index contributed by atoms with van der Waals surface area (Å²) in [7, 11) is 4.64.